The van der Waals surface area contributed by atoms with Gasteiger partial charge < -0.3 is 0 Å². The third-order valence-corrected chi connectivity index (χ3v) is 3.61. The fourth-order valence-electron chi connectivity index (χ4n) is 2.05. The number of hydrogen-bond acceptors (Lipinski definition) is 2. The van der Waals surface area contributed by atoms with E-state index in [0.717, 1.165) is 21.2 Å². The highest BCUT2D eigenvalue weighted by Gasteiger charge is 2.19. The van der Waals surface area contributed by atoms with Crippen LogP contribution in [0.3, 0.4) is 0 Å². The summed E-state index contributed by atoms with van der Waals surface area (Å²) in [5, 5.41) is 10.9. The van der Waals surface area contributed by atoms with Crippen LogP contribution in [0.15, 0.2) is 53.0 Å². The minimum Gasteiger partial charge on any atom is -0.265 e. The molecule has 0 radical (unpaired) electrons. The summed E-state index contributed by atoms with van der Waals surface area (Å²) in [5.74, 6) is -0.205. The lowest BCUT2D eigenvalue weighted by atomic mass is 9.91. The highest BCUT2D eigenvalue weighted by Crippen LogP contribution is 2.26. The molecule has 0 spiro atoms. The maximum atomic E-state index is 10.9. The summed E-state index contributed by atoms with van der Waals surface area (Å²) in [6.45, 7) is 1.91. The van der Waals surface area contributed by atoms with Crippen LogP contribution in [0.2, 0.25) is 0 Å². The molecule has 0 aliphatic carbocycles. The van der Waals surface area contributed by atoms with Gasteiger partial charge in [0.25, 0.3) is 0 Å². The summed E-state index contributed by atoms with van der Waals surface area (Å²) in [6.07, 6.45) is 0. The van der Waals surface area contributed by atoms with Crippen molar-refractivity contribution in [3.8, 4) is 0 Å². The van der Waals surface area contributed by atoms with Gasteiger partial charge in [0.2, 0.25) is 6.54 Å². The Kier molecular flexibility index (Phi) is 4.32. The smallest absolute Gasteiger partial charge is 0.214 e. The maximum Gasteiger partial charge on any atom is 0.214 e. The molecular weight excluding hydrogens is 306 g/mol. The van der Waals surface area contributed by atoms with Crippen LogP contribution in [0.25, 0.3) is 0 Å². The van der Waals surface area contributed by atoms with E-state index in [-0.39, 0.29) is 17.4 Å². The first-order valence-corrected chi connectivity index (χ1v) is 6.79. The number of aryl methyl sites for hydroxylation is 1. The molecular formula is C15H14BrNO2. The lowest BCUT2D eigenvalue weighted by molar-refractivity contribution is -0.481. The Morgan fingerprint density at radius 1 is 1.05 bits per heavy atom. The Morgan fingerprint density at radius 2 is 1.53 bits per heavy atom. The third kappa shape index (κ3) is 3.64. The van der Waals surface area contributed by atoms with Crippen molar-refractivity contribution >= 4 is 15.9 Å². The highest BCUT2D eigenvalue weighted by molar-refractivity contribution is 9.10. The molecule has 0 aromatic heterocycles. The molecule has 0 saturated heterocycles. The van der Waals surface area contributed by atoms with Crippen molar-refractivity contribution in [3.63, 3.8) is 0 Å². The van der Waals surface area contributed by atoms with E-state index in [2.05, 4.69) is 15.9 Å². The molecule has 0 bridgehead atoms. The Morgan fingerprint density at radius 3 is 2.00 bits per heavy atom. The van der Waals surface area contributed by atoms with Gasteiger partial charge in [0, 0.05) is 9.40 Å². The van der Waals surface area contributed by atoms with Gasteiger partial charge in [-0.05, 0) is 30.2 Å². The molecule has 19 heavy (non-hydrogen) atoms. The highest BCUT2D eigenvalue weighted by atomic mass is 79.9. The molecule has 3 nitrogen and oxygen atoms in total. The summed E-state index contributed by atoms with van der Waals surface area (Å²) < 4.78 is 0.972. The summed E-state index contributed by atoms with van der Waals surface area (Å²) in [5.41, 5.74) is 3.09. The zero-order valence-corrected chi connectivity index (χ0v) is 12.1. The lowest BCUT2D eigenvalue weighted by Gasteiger charge is -2.14. The van der Waals surface area contributed by atoms with Gasteiger partial charge in [0.15, 0.2) is 0 Å². The van der Waals surface area contributed by atoms with Gasteiger partial charge in [0.1, 0.15) is 0 Å². The Hall–Kier alpha value is -1.68. The summed E-state index contributed by atoms with van der Waals surface area (Å²) in [7, 11) is 0. The average molecular weight is 320 g/mol. The molecule has 0 aliphatic heterocycles. The van der Waals surface area contributed by atoms with E-state index >= 15 is 0 Å². The standard InChI is InChI=1S/C15H14BrNO2/c1-11-2-4-12(5-3-11)15(10-17(18)19)13-6-8-14(16)9-7-13/h2-9,15H,10H2,1H3. The van der Waals surface area contributed by atoms with Crippen LogP contribution in [-0.4, -0.2) is 11.5 Å². The lowest BCUT2D eigenvalue weighted by Crippen LogP contribution is -2.13. The van der Waals surface area contributed by atoms with Gasteiger partial charge in [-0.3, -0.25) is 10.1 Å². The predicted molar refractivity (Wildman–Crippen MR) is 79.0 cm³/mol. The van der Waals surface area contributed by atoms with Crippen molar-refractivity contribution < 1.29 is 4.92 Å². The number of rotatable bonds is 4. The minimum absolute atomic E-state index is 0.0926. The van der Waals surface area contributed by atoms with Crippen molar-refractivity contribution in [2.45, 2.75) is 12.8 Å². The normalized spacial score (nSPS) is 12.1. The van der Waals surface area contributed by atoms with Crippen LogP contribution in [0.4, 0.5) is 0 Å². The second-order valence-electron chi connectivity index (χ2n) is 4.53. The van der Waals surface area contributed by atoms with E-state index in [9.17, 15) is 10.1 Å². The topological polar surface area (TPSA) is 43.1 Å². The molecule has 0 N–H and O–H groups in total. The average Bonchev–Trinajstić information content (AvgIpc) is 2.38. The molecule has 2 aromatic carbocycles. The number of hydrogen-bond donors (Lipinski definition) is 0. The van der Waals surface area contributed by atoms with Crippen LogP contribution < -0.4 is 0 Å². The molecule has 98 valence electrons. The van der Waals surface area contributed by atoms with Crippen molar-refractivity contribution in [2.75, 3.05) is 6.54 Å². The van der Waals surface area contributed by atoms with Gasteiger partial charge in [-0.15, -0.1) is 0 Å². The monoisotopic (exact) mass is 319 g/mol. The molecule has 0 amide bonds. The predicted octanol–water partition coefficient (Wildman–Crippen LogP) is 4.17. The van der Waals surface area contributed by atoms with E-state index in [1.54, 1.807) is 0 Å². The second kappa shape index (κ2) is 5.97. The molecule has 0 aliphatic rings. The van der Waals surface area contributed by atoms with Gasteiger partial charge in [-0.1, -0.05) is 57.9 Å². The first kappa shape index (κ1) is 13.7. The Labute approximate surface area is 120 Å². The number of halogens is 1. The van der Waals surface area contributed by atoms with Crippen molar-refractivity contribution in [2.24, 2.45) is 0 Å². The molecule has 1 unspecified atom stereocenters. The number of nitro groups is 1. The summed E-state index contributed by atoms with van der Waals surface area (Å²) in [4.78, 5) is 10.6. The van der Waals surface area contributed by atoms with Gasteiger partial charge >= 0.3 is 0 Å². The maximum absolute atomic E-state index is 10.9. The van der Waals surface area contributed by atoms with Crippen LogP contribution >= 0.6 is 15.9 Å². The molecule has 2 rings (SSSR count). The van der Waals surface area contributed by atoms with Crippen molar-refractivity contribution in [1.29, 1.82) is 0 Å². The van der Waals surface area contributed by atoms with E-state index in [1.165, 1.54) is 0 Å². The zero-order valence-electron chi connectivity index (χ0n) is 10.5. The quantitative estimate of drug-likeness (QED) is 0.627. The molecule has 0 saturated carbocycles. The fourth-order valence-corrected chi connectivity index (χ4v) is 2.31. The summed E-state index contributed by atoms with van der Waals surface area (Å²) in [6, 6.07) is 15.6. The number of benzene rings is 2. The Balaban J connectivity index is 2.37. The molecule has 1 atom stereocenters. The first-order chi connectivity index (χ1) is 9.06. The first-order valence-electron chi connectivity index (χ1n) is 6.00. The van der Waals surface area contributed by atoms with E-state index in [0.29, 0.717) is 0 Å². The van der Waals surface area contributed by atoms with E-state index in [4.69, 9.17) is 0 Å². The third-order valence-electron chi connectivity index (χ3n) is 3.08. The van der Waals surface area contributed by atoms with E-state index < -0.39 is 0 Å². The van der Waals surface area contributed by atoms with Crippen LogP contribution in [0.5, 0.6) is 0 Å². The molecule has 2 aromatic rings. The minimum atomic E-state index is -0.257. The summed E-state index contributed by atoms with van der Waals surface area (Å²) >= 11 is 3.38. The van der Waals surface area contributed by atoms with Crippen LogP contribution in [0, 0.1) is 17.0 Å². The zero-order chi connectivity index (χ0) is 13.8. The second-order valence-corrected chi connectivity index (χ2v) is 5.45. The Bertz CT molecular complexity index is 518. The van der Waals surface area contributed by atoms with Crippen molar-refractivity contribution in [1.82, 2.24) is 0 Å². The van der Waals surface area contributed by atoms with Crippen LogP contribution in [0.1, 0.15) is 22.6 Å². The van der Waals surface area contributed by atoms with Gasteiger partial charge in [-0.25, -0.2) is 0 Å². The van der Waals surface area contributed by atoms with Crippen molar-refractivity contribution in [3.05, 3.63) is 79.8 Å². The van der Waals surface area contributed by atoms with E-state index in [1.807, 2.05) is 55.5 Å². The van der Waals surface area contributed by atoms with Gasteiger partial charge in [-0.2, -0.15) is 0 Å². The number of nitrogens with zero attached hydrogens (tertiary/aromatic N) is 1. The molecule has 0 fully saturated rings. The largest absolute Gasteiger partial charge is 0.265 e. The fraction of sp³-hybridized carbons (Fsp3) is 0.200. The molecule has 0 heterocycles. The SMILES string of the molecule is Cc1ccc(C(C[N+](=O)[O-])c2ccc(Br)cc2)cc1. The molecule has 4 heteroatoms. The van der Waals surface area contributed by atoms with Gasteiger partial charge in [0.05, 0.1) is 5.92 Å². The van der Waals surface area contributed by atoms with Crippen LogP contribution in [-0.2, 0) is 0 Å².